The number of aliphatic hydroxyl groups excluding tert-OH is 1. The Hall–Kier alpha value is -2.74. The van der Waals surface area contributed by atoms with Gasteiger partial charge in [0.2, 0.25) is 5.91 Å². The number of ether oxygens (including phenoxy) is 1. The Bertz CT molecular complexity index is 928. The molecule has 0 aromatic heterocycles. The molecule has 3 heterocycles. The van der Waals surface area contributed by atoms with Crippen LogP contribution in [0.5, 0.6) is 0 Å². The summed E-state index contributed by atoms with van der Waals surface area (Å²) < 4.78 is 20.4. The van der Waals surface area contributed by atoms with Gasteiger partial charge < -0.3 is 14.7 Å². The molecule has 1 aromatic rings. The average Bonchev–Trinajstić information content (AvgIpc) is 3.27. The van der Waals surface area contributed by atoms with Crippen LogP contribution < -0.4 is 4.90 Å². The molecule has 0 aliphatic carbocycles. The number of fused-ring (bicyclic) bond motifs is 3. The van der Waals surface area contributed by atoms with E-state index in [1.165, 1.54) is 15.9 Å². The van der Waals surface area contributed by atoms with Gasteiger partial charge in [-0.2, -0.15) is 0 Å². The Labute approximate surface area is 174 Å². The maximum Gasteiger partial charge on any atom is 0.415 e. The third-order valence-electron chi connectivity index (χ3n) is 6.21. The Morgan fingerprint density at radius 3 is 2.80 bits per heavy atom. The van der Waals surface area contributed by atoms with Gasteiger partial charge in [-0.25, -0.2) is 9.18 Å². The molecule has 1 saturated heterocycles. The number of ketones is 1. The number of aliphatic hydroxyl groups is 1. The molecule has 0 saturated carbocycles. The second kappa shape index (κ2) is 8.18. The summed E-state index contributed by atoms with van der Waals surface area (Å²) in [5, 5.41) is 8.99. The van der Waals surface area contributed by atoms with E-state index >= 15 is 0 Å². The van der Waals surface area contributed by atoms with Crippen LogP contribution in [0.1, 0.15) is 43.7 Å². The molecule has 8 heteroatoms. The van der Waals surface area contributed by atoms with E-state index in [1.54, 1.807) is 6.07 Å². The van der Waals surface area contributed by atoms with Crippen LogP contribution in [0.3, 0.4) is 0 Å². The summed E-state index contributed by atoms with van der Waals surface area (Å²) in [5.74, 6) is -0.627. The molecule has 0 radical (unpaired) electrons. The predicted molar refractivity (Wildman–Crippen MR) is 107 cm³/mol. The molecule has 4 rings (SSSR count). The fourth-order valence-electron chi connectivity index (χ4n) is 4.50. The molecule has 1 fully saturated rings. The zero-order valence-electron chi connectivity index (χ0n) is 16.9. The number of hydrogen-bond acceptors (Lipinski definition) is 5. The van der Waals surface area contributed by atoms with Crippen molar-refractivity contribution >= 4 is 29.0 Å². The molecule has 3 aliphatic rings. The van der Waals surface area contributed by atoms with Gasteiger partial charge >= 0.3 is 6.09 Å². The number of rotatable bonds is 6. The number of nitrogens with zero attached hydrogens (tertiary/aromatic N) is 2. The summed E-state index contributed by atoms with van der Waals surface area (Å²) in [6, 6.07) is 2.96. The van der Waals surface area contributed by atoms with Crippen LogP contribution in [-0.4, -0.2) is 59.6 Å². The van der Waals surface area contributed by atoms with Crippen molar-refractivity contribution in [3.63, 3.8) is 0 Å². The fourth-order valence-corrected chi connectivity index (χ4v) is 4.50. The van der Waals surface area contributed by atoms with Gasteiger partial charge in [-0.1, -0.05) is 13.0 Å². The number of benzene rings is 1. The molecule has 30 heavy (non-hydrogen) atoms. The smallest absolute Gasteiger partial charge is 0.415 e. The Kier molecular flexibility index (Phi) is 5.60. The van der Waals surface area contributed by atoms with Crippen molar-refractivity contribution in [2.45, 2.75) is 51.2 Å². The number of carbonyl (C=O) groups excluding carboxylic acids is 3. The maximum absolute atomic E-state index is 14.9. The highest BCUT2D eigenvalue weighted by Crippen LogP contribution is 2.42. The Balaban J connectivity index is 1.54. The van der Waals surface area contributed by atoms with E-state index in [0.717, 1.165) is 11.1 Å². The number of carbonyl (C=O) groups is 3. The topological polar surface area (TPSA) is 87.2 Å². The molecule has 3 aliphatic heterocycles. The van der Waals surface area contributed by atoms with E-state index in [0.29, 0.717) is 56.4 Å². The standard InChI is InChI=1S/C22H25FN2O5/c1-2-15(27)3-4-20-19-10-14-9-16(13-5-7-24(8-6-13)21(28)12-26)17(23)11-18(14)25(19)22(29)30-20/h5,9,11,19-20,26H,2-4,6-8,10,12H2,1H3/t19-,20-/m0/s1. The van der Waals surface area contributed by atoms with Crippen LogP contribution in [0.15, 0.2) is 18.2 Å². The lowest BCUT2D eigenvalue weighted by atomic mass is 9.95. The van der Waals surface area contributed by atoms with Gasteiger partial charge in [0.05, 0.1) is 11.7 Å². The van der Waals surface area contributed by atoms with Gasteiger partial charge in [0.15, 0.2) is 0 Å². The molecule has 2 atom stereocenters. The number of amides is 2. The van der Waals surface area contributed by atoms with E-state index in [1.807, 2.05) is 13.0 Å². The van der Waals surface area contributed by atoms with E-state index in [-0.39, 0.29) is 23.8 Å². The molecule has 0 unspecified atom stereocenters. The highest BCUT2D eigenvalue weighted by atomic mass is 19.1. The SMILES string of the molecule is CCC(=O)CC[C@@H]1OC(=O)N2c3cc(F)c(C4=CCN(C(=O)CO)CC4)cc3C[C@@H]12. The predicted octanol–water partition coefficient (Wildman–Crippen LogP) is 2.44. The number of cyclic esters (lactones) is 1. The first-order valence-electron chi connectivity index (χ1n) is 10.3. The average molecular weight is 416 g/mol. The highest BCUT2D eigenvalue weighted by molar-refractivity contribution is 5.94. The van der Waals surface area contributed by atoms with E-state index in [2.05, 4.69) is 0 Å². The van der Waals surface area contributed by atoms with E-state index in [9.17, 15) is 18.8 Å². The maximum atomic E-state index is 14.9. The van der Waals surface area contributed by atoms with Crippen LogP contribution in [0, 0.1) is 5.82 Å². The van der Waals surface area contributed by atoms with Crippen LogP contribution in [0.25, 0.3) is 5.57 Å². The van der Waals surface area contributed by atoms with Crippen molar-refractivity contribution in [1.29, 1.82) is 0 Å². The number of Topliss-reactive ketones (excluding diaryl/α,β-unsaturated/α-hetero) is 1. The van der Waals surface area contributed by atoms with Gasteiger partial charge in [0.25, 0.3) is 0 Å². The van der Waals surface area contributed by atoms with Gasteiger partial charge in [-0.05, 0) is 42.5 Å². The molecule has 160 valence electrons. The first-order chi connectivity index (χ1) is 14.4. The van der Waals surface area contributed by atoms with Crippen molar-refractivity contribution in [1.82, 2.24) is 4.90 Å². The largest absolute Gasteiger partial charge is 0.444 e. The number of hydrogen-bond donors (Lipinski definition) is 1. The molecular weight excluding hydrogens is 391 g/mol. The quantitative estimate of drug-likeness (QED) is 0.770. The molecular formula is C22H25FN2O5. The fraction of sp³-hybridized carbons (Fsp3) is 0.500. The summed E-state index contributed by atoms with van der Waals surface area (Å²) in [4.78, 5) is 38.7. The molecule has 0 spiro atoms. The van der Waals surface area contributed by atoms with Crippen LogP contribution in [0.4, 0.5) is 14.9 Å². The first kappa shape index (κ1) is 20.5. The lowest BCUT2D eigenvalue weighted by Gasteiger charge is -2.26. The van der Waals surface area contributed by atoms with Crippen LogP contribution in [-0.2, 0) is 20.7 Å². The zero-order valence-corrected chi connectivity index (χ0v) is 16.9. The monoisotopic (exact) mass is 416 g/mol. The Morgan fingerprint density at radius 2 is 2.13 bits per heavy atom. The summed E-state index contributed by atoms with van der Waals surface area (Å²) >= 11 is 0. The summed E-state index contributed by atoms with van der Waals surface area (Å²) in [6.07, 6.45) is 3.30. The lowest BCUT2D eigenvalue weighted by molar-refractivity contribution is -0.133. The number of anilines is 1. The van der Waals surface area contributed by atoms with E-state index < -0.39 is 18.5 Å². The summed E-state index contributed by atoms with van der Waals surface area (Å²) in [5.41, 5.74) is 2.72. The minimum Gasteiger partial charge on any atom is -0.444 e. The number of halogens is 1. The summed E-state index contributed by atoms with van der Waals surface area (Å²) in [7, 11) is 0. The molecule has 1 aromatic carbocycles. The minimum atomic E-state index is -0.533. The normalized spacial score (nSPS) is 22.5. The van der Waals surface area contributed by atoms with Gasteiger partial charge in [0, 0.05) is 31.5 Å². The Morgan fingerprint density at radius 1 is 1.33 bits per heavy atom. The second-order valence-electron chi connectivity index (χ2n) is 7.93. The van der Waals surface area contributed by atoms with Gasteiger partial charge in [-0.15, -0.1) is 0 Å². The van der Waals surface area contributed by atoms with Crippen molar-refractivity contribution in [2.75, 3.05) is 24.6 Å². The molecule has 1 N–H and O–H groups in total. The molecule has 0 bridgehead atoms. The van der Waals surface area contributed by atoms with Crippen molar-refractivity contribution < 1.29 is 28.6 Å². The van der Waals surface area contributed by atoms with Gasteiger partial charge in [-0.3, -0.25) is 14.5 Å². The first-order valence-corrected chi connectivity index (χ1v) is 10.3. The van der Waals surface area contributed by atoms with E-state index in [4.69, 9.17) is 9.84 Å². The molecule has 7 nitrogen and oxygen atoms in total. The van der Waals surface area contributed by atoms with Crippen molar-refractivity contribution in [3.05, 3.63) is 35.2 Å². The highest BCUT2D eigenvalue weighted by Gasteiger charge is 2.47. The minimum absolute atomic E-state index is 0.131. The van der Waals surface area contributed by atoms with Crippen molar-refractivity contribution in [3.8, 4) is 0 Å². The van der Waals surface area contributed by atoms with Crippen LogP contribution in [0.2, 0.25) is 0 Å². The second-order valence-corrected chi connectivity index (χ2v) is 7.93. The van der Waals surface area contributed by atoms with Gasteiger partial charge in [0.1, 0.15) is 24.3 Å². The third-order valence-corrected chi connectivity index (χ3v) is 6.21. The third kappa shape index (κ3) is 3.60. The van der Waals surface area contributed by atoms with Crippen molar-refractivity contribution in [2.24, 2.45) is 0 Å². The summed E-state index contributed by atoms with van der Waals surface area (Å²) in [6.45, 7) is 2.04. The lowest BCUT2D eigenvalue weighted by Crippen LogP contribution is -2.36. The van der Waals surface area contributed by atoms with Crippen LogP contribution >= 0.6 is 0 Å². The zero-order chi connectivity index (χ0) is 21.4. The molecule has 2 amide bonds.